The summed E-state index contributed by atoms with van der Waals surface area (Å²) in [6.07, 6.45) is 0.494. The molecule has 0 aliphatic carbocycles. The largest absolute Gasteiger partial charge is 0.369 e. The van der Waals surface area contributed by atoms with E-state index < -0.39 is 44.8 Å². The summed E-state index contributed by atoms with van der Waals surface area (Å²) >= 11 is 12.2. The number of amides is 2. The third kappa shape index (κ3) is 6.83. The van der Waals surface area contributed by atoms with Crippen molar-refractivity contribution in [3.05, 3.63) is 64.1 Å². The van der Waals surface area contributed by atoms with Crippen LogP contribution in [0.2, 0.25) is 10.0 Å². The number of sulfonamides is 1. The van der Waals surface area contributed by atoms with E-state index in [-0.39, 0.29) is 22.9 Å². The number of carbonyl (C=O) groups excluding carboxylic acids is 2. The van der Waals surface area contributed by atoms with Gasteiger partial charge in [-0.05, 0) is 24.1 Å². The van der Waals surface area contributed by atoms with Crippen molar-refractivity contribution in [3.8, 4) is 0 Å². The van der Waals surface area contributed by atoms with Crippen molar-refractivity contribution in [1.82, 2.24) is 15.2 Å². The van der Waals surface area contributed by atoms with Gasteiger partial charge in [-0.2, -0.15) is 0 Å². The summed E-state index contributed by atoms with van der Waals surface area (Å²) in [5, 5.41) is 9.74. The SMILES string of the molecule is CCC[C@@H](C(=O)N[C@@H](Cc1ccccc1)C(N)=O)N(NC(=N)N)S(=O)(=O)c1c(Cl)cccc1Cl. The van der Waals surface area contributed by atoms with Gasteiger partial charge in [0.05, 0.1) is 10.0 Å². The first kappa shape index (κ1) is 27.4. The van der Waals surface area contributed by atoms with Crippen LogP contribution in [-0.4, -0.2) is 42.7 Å². The molecule has 0 radical (unpaired) electrons. The van der Waals surface area contributed by atoms with Gasteiger partial charge in [-0.25, -0.2) is 8.42 Å². The number of nitrogens with one attached hydrogen (secondary N) is 3. The summed E-state index contributed by atoms with van der Waals surface area (Å²) in [6, 6.07) is 10.5. The van der Waals surface area contributed by atoms with Crippen LogP contribution >= 0.6 is 23.2 Å². The number of benzene rings is 2. The maximum atomic E-state index is 13.5. The number of nitrogens with two attached hydrogens (primary N) is 2. The number of carbonyl (C=O) groups is 2. The molecule has 0 heterocycles. The Balaban J connectivity index is 2.46. The molecule has 0 bridgehead atoms. The Bertz CT molecular complexity index is 1130. The third-order valence-corrected chi connectivity index (χ3v) is 7.43. The van der Waals surface area contributed by atoms with Crippen LogP contribution in [0.1, 0.15) is 25.3 Å². The normalized spacial score (nSPS) is 13.2. The lowest BCUT2D eigenvalue weighted by atomic mass is 10.0. The van der Waals surface area contributed by atoms with Gasteiger partial charge in [-0.1, -0.05) is 77.4 Å². The average molecular weight is 529 g/mol. The zero-order valence-corrected chi connectivity index (χ0v) is 20.6. The second-order valence-electron chi connectivity index (χ2n) is 7.33. The lowest BCUT2D eigenvalue weighted by Gasteiger charge is -2.31. The molecule has 0 fully saturated rings. The van der Waals surface area contributed by atoms with Crippen molar-refractivity contribution in [2.45, 2.75) is 43.2 Å². The van der Waals surface area contributed by atoms with E-state index in [0.29, 0.717) is 10.8 Å². The quantitative estimate of drug-likeness (QED) is 0.169. The molecule has 0 aromatic heterocycles. The number of nitrogens with zero attached hydrogens (tertiary/aromatic N) is 1. The zero-order chi connectivity index (χ0) is 25.5. The first-order valence-electron chi connectivity index (χ1n) is 10.2. The molecule has 13 heteroatoms. The molecule has 2 amide bonds. The van der Waals surface area contributed by atoms with E-state index in [0.717, 1.165) is 5.56 Å². The number of primary amides is 1. The summed E-state index contributed by atoms with van der Waals surface area (Å²) < 4.78 is 27.6. The van der Waals surface area contributed by atoms with Crippen molar-refractivity contribution in [2.75, 3.05) is 0 Å². The summed E-state index contributed by atoms with van der Waals surface area (Å²) in [6.45, 7) is 1.73. The van der Waals surface area contributed by atoms with Gasteiger partial charge in [0, 0.05) is 6.42 Å². The Hall–Kier alpha value is -2.86. The first-order chi connectivity index (χ1) is 16.0. The molecule has 2 rings (SSSR count). The predicted octanol–water partition coefficient (Wildman–Crippen LogP) is 1.76. The number of halogens is 2. The molecule has 7 N–H and O–H groups in total. The highest BCUT2D eigenvalue weighted by atomic mass is 35.5. The second-order valence-corrected chi connectivity index (χ2v) is 9.90. The van der Waals surface area contributed by atoms with Gasteiger partial charge < -0.3 is 16.8 Å². The van der Waals surface area contributed by atoms with E-state index >= 15 is 0 Å². The van der Waals surface area contributed by atoms with Crippen LogP contribution in [0.5, 0.6) is 0 Å². The van der Waals surface area contributed by atoms with Gasteiger partial charge in [0.15, 0.2) is 0 Å². The molecular formula is C21H26Cl2N6O4S. The molecule has 0 aliphatic heterocycles. The minimum atomic E-state index is -4.58. The highest BCUT2D eigenvalue weighted by Gasteiger charge is 2.39. The smallest absolute Gasteiger partial charge is 0.263 e. The highest BCUT2D eigenvalue weighted by Crippen LogP contribution is 2.32. The molecule has 0 unspecified atom stereocenters. The van der Waals surface area contributed by atoms with E-state index in [1.807, 2.05) is 0 Å². The van der Waals surface area contributed by atoms with Gasteiger partial charge >= 0.3 is 0 Å². The van der Waals surface area contributed by atoms with Crippen LogP contribution in [0.3, 0.4) is 0 Å². The van der Waals surface area contributed by atoms with Crippen LogP contribution in [0.25, 0.3) is 0 Å². The van der Waals surface area contributed by atoms with E-state index in [9.17, 15) is 18.0 Å². The molecule has 0 aliphatic rings. The van der Waals surface area contributed by atoms with E-state index in [4.69, 9.17) is 40.1 Å². The molecule has 2 atom stereocenters. The van der Waals surface area contributed by atoms with Gasteiger partial charge in [-0.15, -0.1) is 0 Å². The van der Waals surface area contributed by atoms with Crippen molar-refractivity contribution < 1.29 is 18.0 Å². The van der Waals surface area contributed by atoms with Crippen LogP contribution in [0, 0.1) is 5.41 Å². The molecule has 184 valence electrons. The molecule has 2 aromatic carbocycles. The minimum Gasteiger partial charge on any atom is -0.369 e. The monoisotopic (exact) mass is 528 g/mol. The summed E-state index contributed by atoms with van der Waals surface area (Å²) in [7, 11) is -4.58. The maximum Gasteiger partial charge on any atom is 0.263 e. The lowest BCUT2D eigenvalue weighted by Crippen LogP contribution is -2.60. The molecular weight excluding hydrogens is 503 g/mol. The fourth-order valence-electron chi connectivity index (χ4n) is 3.22. The topological polar surface area (TPSA) is 171 Å². The second kappa shape index (κ2) is 12.0. The summed E-state index contributed by atoms with van der Waals surface area (Å²) in [4.78, 5) is 24.9. The Kier molecular flexibility index (Phi) is 9.68. The standard InChI is InChI=1S/C21H26Cl2N6O4S/c1-2-7-17(20(31)27-16(19(24)30)12-13-8-4-3-5-9-13)29(28-21(25)26)34(32,33)18-14(22)10-6-11-15(18)23/h3-6,8-11,16-17H,2,7,12H2,1H3,(H2,24,30)(H,27,31)(H4,25,26,28)/t16-,17-/m0/s1. The molecule has 0 saturated carbocycles. The van der Waals surface area contributed by atoms with Crippen molar-refractivity contribution in [1.29, 1.82) is 5.41 Å². The molecule has 0 saturated heterocycles. The minimum absolute atomic E-state index is 0.0181. The maximum absolute atomic E-state index is 13.5. The third-order valence-electron chi connectivity index (χ3n) is 4.76. The van der Waals surface area contributed by atoms with Crippen LogP contribution in [-0.2, 0) is 26.0 Å². The first-order valence-corrected chi connectivity index (χ1v) is 12.4. The number of hydrogen-bond donors (Lipinski definition) is 5. The number of guanidine groups is 1. The summed E-state index contributed by atoms with van der Waals surface area (Å²) in [5.41, 5.74) is 13.9. The lowest BCUT2D eigenvalue weighted by molar-refractivity contribution is -0.130. The Morgan fingerprint density at radius 1 is 1.06 bits per heavy atom. The van der Waals surface area contributed by atoms with Gasteiger partial charge in [0.1, 0.15) is 17.0 Å². The number of rotatable bonds is 11. The predicted molar refractivity (Wildman–Crippen MR) is 131 cm³/mol. The molecule has 10 nitrogen and oxygen atoms in total. The van der Waals surface area contributed by atoms with Crippen LogP contribution < -0.4 is 22.2 Å². The van der Waals surface area contributed by atoms with Gasteiger partial charge in [-0.3, -0.25) is 20.4 Å². The summed E-state index contributed by atoms with van der Waals surface area (Å²) in [5.74, 6) is -2.35. The Labute approximate surface area is 208 Å². The fourth-order valence-corrected chi connectivity index (χ4v) is 5.78. The van der Waals surface area contributed by atoms with Crippen molar-refractivity contribution in [3.63, 3.8) is 0 Å². The van der Waals surface area contributed by atoms with E-state index in [1.165, 1.54) is 18.2 Å². The molecule has 34 heavy (non-hydrogen) atoms. The highest BCUT2D eigenvalue weighted by molar-refractivity contribution is 7.89. The molecule has 0 spiro atoms. The zero-order valence-electron chi connectivity index (χ0n) is 18.3. The van der Waals surface area contributed by atoms with Crippen LogP contribution in [0.15, 0.2) is 53.4 Å². The Morgan fingerprint density at radius 2 is 1.65 bits per heavy atom. The molecule has 2 aromatic rings. The fraction of sp³-hybridized carbons (Fsp3) is 0.286. The number of hydrazine groups is 1. The average Bonchev–Trinajstić information content (AvgIpc) is 2.75. The van der Waals surface area contributed by atoms with E-state index in [2.05, 4.69) is 10.7 Å². The van der Waals surface area contributed by atoms with Gasteiger partial charge in [0.2, 0.25) is 17.8 Å². The van der Waals surface area contributed by atoms with E-state index in [1.54, 1.807) is 37.3 Å². The van der Waals surface area contributed by atoms with Crippen LogP contribution in [0.4, 0.5) is 0 Å². The van der Waals surface area contributed by atoms with Crippen molar-refractivity contribution in [2.24, 2.45) is 11.5 Å². The van der Waals surface area contributed by atoms with Crippen molar-refractivity contribution >= 4 is 51.0 Å². The Morgan fingerprint density at radius 3 is 2.15 bits per heavy atom. The number of hydrogen-bond acceptors (Lipinski definition) is 5. The van der Waals surface area contributed by atoms with Gasteiger partial charge in [0.25, 0.3) is 10.0 Å².